The van der Waals surface area contributed by atoms with E-state index in [4.69, 9.17) is 34.3 Å². The van der Waals surface area contributed by atoms with Crippen LogP contribution in [0, 0.1) is 0 Å². The molecule has 0 fully saturated rings. The molecule has 0 aliphatic rings. The van der Waals surface area contributed by atoms with Gasteiger partial charge in [-0.3, -0.25) is 4.79 Å². The number of hydrogen-bond donors (Lipinski definition) is 1. The number of hydrogen-bond acceptors (Lipinski definition) is 3. The first kappa shape index (κ1) is 13.7. The topological polar surface area (TPSA) is 55.6 Å². The van der Waals surface area contributed by atoms with Gasteiger partial charge in [-0.25, -0.2) is 0 Å². The van der Waals surface area contributed by atoms with Crippen LogP contribution in [0.3, 0.4) is 0 Å². The van der Waals surface area contributed by atoms with Gasteiger partial charge in [0.05, 0.1) is 5.56 Å². The number of nitrogens with two attached hydrogens (primary N) is 1. The summed E-state index contributed by atoms with van der Waals surface area (Å²) in [6.07, 6.45) is 0. The number of ether oxygens (including phenoxy) is 1. The van der Waals surface area contributed by atoms with Crippen LogP contribution in [0.4, 0.5) is 0 Å². The zero-order chi connectivity index (χ0) is 13.0. The third-order valence-electron chi connectivity index (χ3n) is 2.06. The standard InChI is InChI=1S/C11H13ClN2O2S/c1-14(2)10(15)6-16-9-5-7(12)3-4-8(9)11(13)17/h3-5H,6H2,1-2H3,(H2,13,17). The van der Waals surface area contributed by atoms with Gasteiger partial charge in [0.15, 0.2) is 6.61 Å². The van der Waals surface area contributed by atoms with E-state index in [-0.39, 0.29) is 17.5 Å². The highest BCUT2D eigenvalue weighted by molar-refractivity contribution is 7.80. The van der Waals surface area contributed by atoms with E-state index in [9.17, 15) is 4.79 Å². The second-order valence-electron chi connectivity index (χ2n) is 3.58. The maximum Gasteiger partial charge on any atom is 0.259 e. The molecular formula is C11H13ClN2O2S. The first-order chi connectivity index (χ1) is 7.91. The predicted octanol–water partition coefficient (Wildman–Crippen LogP) is 1.44. The number of benzene rings is 1. The second kappa shape index (κ2) is 5.84. The summed E-state index contributed by atoms with van der Waals surface area (Å²) < 4.78 is 5.36. The lowest BCUT2D eigenvalue weighted by atomic mass is 10.2. The number of rotatable bonds is 4. The second-order valence-corrected chi connectivity index (χ2v) is 4.46. The number of amides is 1. The molecule has 4 nitrogen and oxygen atoms in total. The molecule has 0 aromatic heterocycles. The molecule has 92 valence electrons. The van der Waals surface area contributed by atoms with E-state index in [1.165, 1.54) is 4.90 Å². The lowest BCUT2D eigenvalue weighted by Crippen LogP contribution is -2.28. The van der Waals surface area contributed by atoms with Crippen LogP contribution in [0.5, 0.6) is 5.75 Å². The Morgan fingerprint density at radius 2 is 2.18 bits per heavy atom. The summed E-state index contributed by atoms with van der Waals surface area (Å²) in [5.74, 6) is 0.263. The fourth-order valence-electron chi connectivity index (χ4n) is 1.09. The summed E-state index contributed by atoms with van der Waals surface area (Å²) in [4.78, 5) is 13.0. The van der Waals surface area contributed by atoms with Crippen molar-refractivity contribution in [2.75, 3.05) is 20.7 Å². The predicted molar refractivity (Wildman–Crippen MR) is 71.5 cm³/mol. The van der Waals surface area contributed by atoms with Gasteiger partial charge in [0, 0.05) is 19.1 Å². The van der Waals surface area contributed by atoms with E-state index in [0.717, 1.165) is 0 Å². The molecule has 0 spiro atoms. The van der Waals surface area contributed by atoms with Crippen LogP contribution in [0.2, 0.25) is 5.02 Å². The largest absolute Gasteiger partial charge is 0.483 e. The SMILES string of the molecule is CN(C)C(=O)COc1cc(Cl)ccc1C(N)=S. The summed E-state index contributed by atoms with van der Waals surface area (Å²) in [6, 6.07) is 4.91. The summed E-state index contributed by atoms with van der Waals surface area (Å²) >= 11 is 10.7. The molecule has 2 N–H and O–H groups in total. The van der Waals surface area contributed by atoms with Gasteiger partial charge >= 0.3 is 0 Å². The number of nitrogens with zero attached hydrogens (tertiary/aromatic N) is 1. The maximum atomic E-state index is 11.4. The fraction of sp³-hybridized carbons (Fsp3) is 0.273. The number of carbonyl (C=O) groups excluding carboxylic acids is 1. The van der Waals surface area contributed by atoms with Gasteiger partial charge < -0.3 is 15.4 Å². The highest BCUT2D eigenvalue weighted by Crippen LogP contribution is 2.23. The van der Waals surface area contributed by atoms with Crippen LogP contribution >= 0.6 is 23.8 Å². The van der Waals surface area contributed by atoms with Crippen molar-refractivity contribution in [3.63, 3.8) is 0 Å². The van der Waals surface area contributed by atoms with Gasteiger partial charge in [0.25, 0.3) is 5.91 Å². The molecule has 0 saturated heterocycles. The summed E-state index contributed by atoms with van der Waals surface area (Å²) in [7, 11) is 3.30. The van der Waals surface area contributed by atoms with Crippen molar-refractivity contribution in [1.82, 2.24) is 4.90 Å². The minimum Gasteiger partial charge on any atom is -0.483 e. The minimum atomic E-state index is -0.154. The molecule has 0 atom stereocenters. The van der Waals surface area contributed by atoms with Crippen molar-refractivity contribution >= 4 is 34.7 Å². The molecule has 1 amide bonds. The Morgan fingerprint density at radius 1 is 1.53 bits per heavy atom. The Morgan fingerprint density at radius 3 is 2.71 bits per heavy atom. The smallest absolute Gasteiger partial charge is 0.259 e. The molecule has 6 heteroatoms. The molecule has 0 aliphatic carbocycles. The van der Waals surface area contributed by atoms with Crippen LogP contribution in [0.1, 0.15) is 5.56 Å². The molecular weight excluding hydrogens is 260 g/mol. The molecule has 1 aromatic rings. The van der Waals surface area contributed by atoms with Gasteiger partial charge in [0.2, 0.25) is 0 Å². The van der Waals surface area contributed by atoms with E-state index >= 15 is 0 Å². The molecule has 0 saturated carbocycles. The Labute approximate surface area is 110 Å². The van der Waals surface area contributed by atoms with E-state index in [1.54, 1.807) is 32.3 Å². The maximum absolute atomic E-state index is 11.4. The number of likely N-dealkylation sites (N-methyl/N-ethyl adjacent to an activating group) is 1. The zero-order valence-corrected chi connectivity index (χ0v) is 11.1. The normalized spacial score (nSPS) is 9.82. The Balaban J connectivity index is 2.86. The van der Waals surface area contributed by atoms with Crippen molar-refractivity contribution < 1.29 is 9.53 Å². The number of carbonyl (C=O) groups is 1. The van der Waals surface area contributed by atoms with Crippen molar-refractivity contribution in [3.8, 4) is 5.75 Å². The lowest BCUT2D eigenvalue weighted by molar-refractivity contribution is -0.130. The van der Waals surface area contributed by atoms with E-state index in [1.807, 2.05) is 0 Å². The molecule has 17 heavy (non-hydrogen) atoms. The lowest BCUT2D eigenvalue weighted by Gasteiger charge is -2.13. The monoisotopic (exact) mass is 272 g/mol. The van der Waals surface area contributed by atoms with Crippen molar-refractivity contribution in [1.29, 1.82) is 0 Å². The molecule has 1 aromatic carbocycles. The Bertz CT molecular complexity index is 449. The van der Waals surface area contributed by atoms with Crippen LogP contribution in [0.25, 0.3) is 0 Å². The molecule has 0 unspecified atom stereocenters. The average molecular weight is 273 g/mol. The Hall–Kier alpha value is -1.33. The third-order valence-corrected chi connectivity index (χ3v) is 2.51. The van der Waals surface area contributed by atoms with Crippen molar-refractivity contribution in [2.45, 2.75) is 0 Å². The fourth-order valence-corrected chi connectivity index (χ4v) is 1.42. The van der Waals surface area contributed by atoms with Crippen LogP contribution in [0.15, 0.2) is 18.2 Å². The molecule has 0 heterocycles. The van der Waals surface area contributed by atoms with Gasteiger partial charge in [0.1, 0.15) is 10.7 Å². The highest BCUT2D eigenvalue weighted by Gasteiger charge is 2.10. The van der Waals surface area contributed by atoms with E-state index < -0.39 is 0 Å². The van der Waals surface area contributed by atoms with Gasteiger partial charge in [-0.15, -0.1) is 0 Å². The van der Waals surface area contributed by atoms with Crippen LogP contribution < -0.4 is 10.5 Å². The highest BCUT2D eigenvalue weighted by atomic mass is 35.5. The molecule has 0 radical (unpaired) electrons. The van der Waals surface area contributed by atoms with Crippen molar-refractivity contribution in [3.05, 3.63) is 28.8 Å². The minimum absolute atomic E-state index is 0.0804. The first-order valence-electron chi connectivity index (χ1n) is 4.84. The van der Waals surface area contributed by atoms with Crippen LogP contribution in [-0.4, -0.2) is 36.5 Å². The average Bonchev–Trinajstić information content (AvgIpc) is 2.25. The summed E-state index contributed by atoms with van der Waals surface area (Å²) in [6.45, 7) is -0.0804. The van der Waals surface area contributed by atoms with Crippen molar-refractivity contribution in [2.24, 2.45) is 5.73 Å². The van der Waals surface area contributed by atoms with E-state index in [2.05, 4.69) is 0 Å². The van der Waals surface area contributed by atoms with Gasteiger partial charge in [-0.05, 0) is 18.2 Å². The first-order valence-corrected chi connectivity index (χ1v) is 5.62. The molecule has 1 rings (SSSR count). The quantitative estimate of drug-likeness (QED) is 0.843. The third kappa shape index (κ3) is 3.87. The number of thiocarbonyl (C=S) groups is 1. The molecule has 0 aliphatic heterocycles. The zero-order valence-electron chi connectivity index (χ0n) is 9.57. The molecule has 0 bridgehead atoms. The Kier molecular flexibility index (Phi) is 4.72. The van der Waals surface area contributed by atoms with Gasteiger partial charge in [-0.1, -0.05) is 23.8 Å². The van der Waals surface area contributed by atoms with Crippen LogP contribution in [-0.2, 0) is 4.79 Å². The van der Waals surface area contributed by atoms with E-state index in [0.29, 0.717) is 16.3 Å². The summed E-state index contributed by atoms with van der Waals surface area (Å²) in [5, 5.41) is 0.498. The van der Waals surface area contributed by atoms with Gasteiger partial charge in [-0.2, -0.15) is 0 Å². The number of halogens is 1. The summed E-state index contributed by atoms with van der Waals surface area (Å²) in [5.41, 5.74) is 6.11.